The van der Waals surface area contributed by atoms with Gasteiger partial charge in [0.05, 0.1) is 0 Å². The molecule has 15 heavy (non-hydrogen) atoms. The lowest BCUT2D eigenvalue weighted by molar-refractivity contribution is -0.121. The van der Waals surface area contributed by atoms with Crippen LogP contribution in [0.15, 0.2) is 30.3 Å². The quantitative estimate of drug-likeness (QED) is 0.669. The van der Waals surface area contributed by atoms with Crippen molar-refractivity contribution in [1.82, 2.24) is 0 Å². The Balaban J connectivity index is 2.79. The third kappa shape index (κ3) is 3.70. The zero-order chi connectivity index (χ0) is 11.5. The van der Waals surface area contributed by atoms with Crippen LogP contribution >= 0.6 is 0 Å². The third-order valence-corrected chi connectivity index (χ3v) is 2.21. The van der Waals surface area contributed by atoms with E-state index in [4.69, 9.17) is 0 Å². The Bertz CT molecular complexity index is 381. The molecule has 1 aromatic rings. The van der Waals surface area contributed by atoms with E-state index in [0.717, 1.165) is 5.56 Å². The molecule has 0 saturated heterocycles. The molecule has 0 aliphatic rings. The fraction of sp³-hybridized carbons (Fsp3) is 0.357. The van der Waals surface area contributed by atoms with Crippen molar-refractivity contribution in [1.29, 1.82) is 0 Å². The van der Waals surface area contributed by atoms with Gasteiger partial charge in [0, 0.05) is 5.41 Å². The average Bonchev–Trinajstić information content (AvgIpc) is 2.12. The van der Waals surface area contributed by atoms with Gasteiger partial charge in [-0.1, -0.05) is 56.7 Å². The third-order valence-electron chi connectivity index (χ3n) is 2.21. The number of hydrogen-bond acceptors (Lipinski definition) is 1. The highest BCUT2D eigenvalue weighted by molar-refractivity contribution is 5.97. The summed E-state index contributed by atoms with van der Waals surface area (Å²) >= 11 is 0. The fourth-order valence-corrected chi connectivity index (χ4v) is 1.20. The highest BCUT2D eigenvalue weighted by atomic mass is 16.1. The van der Waals surface area contributed by atoms with Gasteiger partial charge in [-0.25, -0.2) is 0 Å². The van der Waals surface area contributed by atoms with Gasteiger partial charge in [-0.05, 0) is 18.6 Å². The van der Waals surface area contributed by atoms with Crippen molar-refractivity contribution in [2.24, 2.45) is 5.41 Å². The molecule has 0 fully saturated rings. The maximum atomic E-state index is 11.6. The molecule has 0 aliphatic heterocycles. The van der Waals surface area contributed by atoms with Gasteiger partial charge in [0.2, 0.25) is 0 Å². The van der Waals surface area contributed by atoms with Crippen LogP contribution in [0.1, 0.15) is 31.9 Å². The Labute approximate surface area is 91.8 Å². The minimum absolute atomic E-state index is 0.156. The van der Waals surface area contributed by atoms with Gasteiger partial charge in [-0.2, -0.15) is 0 Å². The largest absolute Gasteiger partial charge is 0.294 e. The van der Waals surface area contributed by atoms with Crippen LogP contribution in [0.25, 0.3) is 6.08 Å². The second-order valence-electron chi connectivity index (χ2n) is 4.86. The highest BCUT2D eigenvalue weighted by Gasteiger charge is 2.17. The minimum atomic E-state index is -0.291. The number of benzene rings is 1. The molecular formula is C14H18O. The maximum absolute atomic E-state index is 11.6. The van der Waals surface area contributed by atoms with Crippen LogP contribution in [0, 0.1) is 12.3 Å². The van der Waals surface area contributed by atoms with Crippen molar-refractivity contribution >= 4 is 11.9 Å². The average molecular weight is 202 g/mol. The zero-order valence-corrected chi connectivity index (χ0v) is 9.87. The van der Waals surface area contributed by atoms with Crippen molar-refractivity contribution in [2.75, 3.05) is 0 Å². The van der Waals surface area contributed by atoms with Crippen LogP contribution in [0.2, 0.25) is 0 Å². The standard InChI is InChI=1S/C14H18O/c1-11-6-5-7-12(10-11)8-9-13(15)14(2,3)4/h5-10H,1-4H3/b9-8+. The molecule has 80 valence electrons. The topological polar surface area (TPSA) is 17.1 Å². The number of hydrogen-bond donors (Lipinski definition) is 0. The summed E-state index contributed by atoms with van der Waals surface area (Å²) in [6.45, 7) is 7.82. The summed E-state index contributed by atoms with van der Waals surface area (Å²) in [5.41, 5.74) is 1.99. The summed E-state index contributed by atoms with van der Waals surface area (Å²) in [5, 5.41) is 0. The van der Waals surface area contributed by atoms with Crippen LogP contribution in [0.5, 0.6) is 0 Å². The number of ketones is 1. The number of carbonyl (C=O) groups excluding carboxylic acids is 1. The van der Waals surface area contributed by atoms with E-state index in [1.54, 1.807) is 6.08 Å². The van der Waals surface area contributed by atoms with Crippen molar-refractivity contribution < 1.29 is 4.79 Å². The van der Waals surface area contributed by atoms with Crippen LogP contribution in [-0.2, 0) is 4.79 Å². The predicted octanol–water partition coefficient (Wildman–Crippen LogP) is 3.62. The normalized spacial score (nSPS) is 12.0. The van der Waals surface area contributed by atoms with Gasteiger partial charge in [-0.3, -0.25) is 4.79 Å². The molecule has 0 N–H and O–H groups in total. The second kappa shape index (κ2) is 4.43. The molecule has 0 unspecified atom stereocenters. The van der Waals surface area contributed by atoms with Gasteiger partial charge in [0.1, 0.15) is 0 Å². The Morgan fingerprint density at radius 3 is 2.47 bits per heavy atom. The van der Waals surface area contributed by atoms with Gasteiger partial charge in [0.25, 0.3) is 0 Å². The monoisotopic (exact) mass is 202 g/mol. The van der Waals surface area contributed by atoms with Crippen molar-refractivity contribution in [3.63, 3.8) is 0 Å². The molecule has 0 spiro atoms. The Hall–Kier alpha value is -1.37. The summed E-state index contributed by atoms with van der Waals surface area (Å²) in [7, 11) is 0. The summed E-state index contributed by atoms with van der Waals surface area (Å²) in [5.74, 6) is 0.156. The fourth-order valence-electron chi connectivity index (χ4n) is 1.20. The predicted molar refractivity (Wildman–Crippen MR) is 64.7 cm³/mol. The van der Waals surface area contributed by atoms with Gasteiger partial charge >= 0.3 is 0 Å². The number of aryl methyl sites for hydroxylation is 1. The van der Waals surface area contributed by atoms with Gasteiger partial charge < -0.3 is 0 Å². The first kappa shape index (κ1) is 11.7. The summed E-state index contributed by atoms with van der Waals surface area (Å²) in [6, 6.07) is 8.10. The molecule has 0 aromatic heterocycles. The molecule has 0 bridgehead atoms. The summed E-state index contributed by atoms with van der Waals surface area (Å²) < 4.78 is 0. The number of carbonyl (C=O) groups is 1. The molecular weight excluding hydrogens is 184 g/mol. The van der Waals surface area contributed by atoms with Crippen molar-refractivity contribution in [3.8, 4) is 0 Å². The first-order valence-corrected chi connectivity index (χ1v) is 5.19. The molecule has 0 saturated carbocycles. The van der Waals surface area contributed by atoms with Crippen LogP contribution in [0.3, 0.4) is 0 Å². The zero-order valence-electron chi connectivity index (χ0n) is 9.87. The first-order valence-electron chi connectivity index (χ1n) is 5.19. The lowest BCUT2D eigenvalue weighted by Crippen LogP contribution is -2.17. The molecule has 0 aliphatic carbocycles. The van der Waals surface area contributed by atoms with E-state index in [1.807, 2.05) is 52.0 Å². The molecule has 1 nitrogen and oxygen atoms in total. The van der Waals surface area contributed by atoms with E-state index >= 15 is 0 Å². The maximum Gasteiger partial charge on any atom is 0.161 e. The van der Waals surface area contributed by atoms with Gasteiger partial charge in [-0.15, -0.1) is 0 Å². The molecule has 0 amide bonds. The van der Waals surface area contributed by atoms with E-state index in [2.05, 4.69) is 6.07 Å². The van der Waals surface area contributed by atoms with E-state index in [1.165, 1.54) is 5.56 Å². The highest BCUT2D eigenvalue weighted by Crippen LogP contribution is 2.16. The van der Waals surface area contributed by atoms with Crippen LogP contribution in [-0.4, -0.2) is 5.78 Å². The lowest BCUT2D eigenvalue weighted by Gasteiger charge is -2.12. The van der Waals surface area contributed by atoms with E-state index in [-0.39, 0.29) is 11.2 Å². The van der Waals surface area contributed by atoms with E-state index in [0.29, 0.717) is 0 Å². The van der Waals surface area contributed by atoms with E-state index < -0.39 is 0 Å². The van der Waals surface area contributed by atoms with Crippen LogP contribution < -0.4 is 0 Å². The number of allylic oxidation sites excluding steroid dienone is 1. The molecule has 0 radical (unpaired) electrons. The van der Waals surface area contributed by atoms with Crippen LogP contribution in [0.4, 0.5) is 0 Å². The summed E-state index contributed by atoms with van der Waals surface area (Å²) in [4.78, 5) is 11.6. The summed E-state index contributed by atoms with van der Waals surface area (Å²) in [6.07, 6.45) is 3.54. The van der Waals surface area contributed by atoms with Crippen molar-refractivity contribution in [3.05, 3.63) is 41.5 Å². The molecule has 1 aromatic carbocycles. The van der Waals surface area contributed by atoms with E-state index in [9.17, 15) is 4.79 Å². The smallest absolute Gasteiger partial charge is 0.161 e. The minimum Gasteiger partial charge on any atom is -0.294 e. The number of rotatable bonds is 2. The van der Waals surface area contributed by atoms with Crippen molar-refractivity contribution in [2.45, 2.75) is 27.7 Å². The molecule has 0 atom stereocenters. The first-order chi connectivity index (χ1) is 6.89. The SMILES string of the molecule is Cc1cccc(/C=C/C(=O)C(C)(C)C)c1. The Morgan fingerprint density at radius 2 is 1.93 bits per heavy atom. The Kier molecular flexibility index (Phi) is 3.46. The molecule has 1 heteroatoms. The molecule has 0 heterocycles. The Morgan fingerprint density at radius 1 is 1.27 bits per heavy atom. The lowest BCUT2D eigenvalue weighted by atomic mass is 9.90. The van der Waals surface area contributed by atoms with Gasteiger partial charge in [0.15, 0.2) is 5.78 Å². The second-order valence-corrected chi connectivity index (χ2v) is 4.86. The molecule has 1 rings (SSSR count).